The molecule has 0 aliphatic heterocycles. The van der Waals surface area contributed by atoms with E-state index >= 15 is 0 Å². The molecule has 32 heavy (non-hydrogen) atoms. The minimum absolute atomic E-state index is 0.194. The molecule has 1 aromatic rings. The van der Waals surface area contributed by atoms with Crippen LogP contribution in [0.3, 0.4) is 0 Å². The van der Waals surface area contributed by atoms with E-state index in [9.17, 15) is 28.8 Å². The third-order valence-corrected chi connectivity index (χ3v) is 4.37. The fraction of sp³-hybridized carbons (Fsp3) is 0.333. The average Bonchev–Trinajstić information content (AvgIpc) is 2.72. The maximum atomic E-state index is 12.5. The Bertz CT molecular complexity index is 829. The van der Waals surface area contributed by atoms with Gasteiger partial charge >= 0.3 is 0 Å². The Labute approximate surface area is 194 Å². The summed E-state index contributed by atoms with van der Waals surface area (Å²) in [5.74, 6) is -4.55. The lowest BCUT2D eigenvalue weighted by molar-refractivity contribution is -0.127. The van der Waals surface area contributed by atoms with Crippen molar-refractivity contribution in [1.29, 1.82) is 0 Å². The van der Waals surface area contributed by atoms with Crippen molar-refractivity contribution in [2.45, 2.75) is 24.9 Å². The van der Waals surface area contributed by atoms with E-state index in [0.717, 1.165) is 0 Å². The number of primary amides is 2. The second-order valence-corrected chi connectivity index (χ2v) is 7.09. The highest BCUT2D eigenvalue weighted by molar-refractivity contribution is 7.81. The molecule has 0 bridgehead atoms. The number of carbonyl (C=O) groups is 6. The van der Waals surface area contributed by atoms with Gasteiger partial charge in [-0.05, 0) is 18.2 Å². The molecule has 6 amide bonds. The normalized spacial score (nSPS) is 12.1. The van der Waals surface area contributed by atoms with Crippen LogP contribution in [0.25, 0.3) is 0 Å². The highest BCUT2D eigenvalue weighted by Gasteiger charge is 2.24. The molecule has 1 rings (SSSR count). The SMILES string of the molecule is NC(=O)C[C@H](NC(=O)CS)C(=O)Nc1cccc(NC(=O)[C@H](CC(N)=O)NC(=O)CS)c1. The Morgan fingerprint density at radius 2 is 1.12 bits per heavy atom. The summed E-state index contributed by atoms with van der Waals surface area (Å²) in [6.07, 6.45) is -0.858. The minimum atomic E-state index is -1.22. The number of amides is 6. The zero-order valence-electron chi connectivity index (χ0n) is 16.8. The standard InChI is InChI=1S/C18H24N6O6S2/c19-13(25)5-11(23-15(27)7-31)17(29)21-9-2-1-3-10(4-9)22-18(30)12(6-14(20)26)24-16(28)8-32/h1-4,11-12,31-32H,5-8H2,(H2,19,25)(H2,20,26)(H,21,29)(H,22,30)(H,23,27)(H,24,28)/t11-,12-/m0/s1. The number of thiol groups is 2. The third kappa shape index (κ3) is 9.70. The van der Waals surface area contributed by atoms with Crippen LogP contribution in [0.2, 0.25) is 0 Å². The lowest BCUT2D eigenvalue weighted by Crippen LogP contribution is -2.46. The summed E-state index contributed by atoms with van der Waals surface area (Å²) in [5.41, 5.74) is 10.7. The van der Waals surface area contributed by atoms with E-state index in [-0.39, 0.29) is 22.9 Å². The molecular formula is C18H24N6O6S2. The molecule has 0 fully saturated rings. The van der Waals surface area contributed by atoms with Crippen molar-refractivity contribution in [2.75, 3.05) is 22.1 Å². The van der Waals surface area contributed by atoms with Gasteiger partial charge in [-0.1, -0.05) is 6.07 Å². The highest BCUT2D eigenvalue weighted by atomic mass is 32.1. The van der Waals surface area contributed by atoms with E-state index in [2.05, 4.69) is 46.5 Å². The van der Waals surface area contributed by atoms with Gasteiger partial charge in [-0.25, -0.2) is 0 Å². The first-order chi connectivity index (χ1) is 15.0. The van der Waals surface area contributed by atoms with Gasteiger partial charge in [-0.2, -0.15) is 25.3 Å². The summed E-state index contributed by atoms with van der Waals surface area (Å²) >= 11 is 7.60. The number of anilines is 2. The highest BCUT2D eigenvalue weighted by Crippen LogP contribution is 2.16. The van der Waals surface area contributed by atoms with Crippen LogP contribution < -0.4 is 32.7 Å². The van der Waals surface area contributed by atoms with Crippen LogP contribution in [0.5, 0.6) is 0 Å². The Morgan fingerprint density at radius 3 is 1.44 bits per heavy atom. The van der Waals surface area contributed by atoms with Crippen molar-refractivity contribution >= 4 is 72.1 Å². The molecule has 0 unspecified atom stereocenters. The van der Waals surface area contributed by atoms with Gasteiger partial charge in [0.1, 0.15) is 12.1 Å². The second kappa shape index (κ2) is 13.2. The van der Waals surface area contributed by atoms with Gasteiger partial charge < -0.3 is 32.7 Å². The zero-order valence-corrected chi connectivity index (χ0v) is 18.6. The molecule has 0 heterocycles. The van der Waals surface area contributed by atoms with Crippen molar-refractivity contribution in [3.05, 3.63) is 24.3 Å². The van der Waals surface area contributed by atoms with Crippen LogP contribution in [0.4, 0.5) is 11.4 Å². The van der Waals surface area contributed by atoms with Gasteiger partial charge in [-0.15, -0.1) is 0 Å². The van der Waals surface area contributed by atoms with E-state index in [0.29, 0.717) is 0 Å². The van der Waals surface area contributed by atoms with Gasteiger partial charge in [0.15, 0.2) is 0 Å². The molecule has 0 aliphatic carbocycles. The molecule has 14 heteroatoms. The van der Waals surface area contributed by atoms with Crippen molar-refractivity contribution in [1.82, 2.24) is 10.6 Å². The lowest BCUT2D eigenvalue weighted by Gasteiger charge is -2.18. The molecule has 0 aliphatic rings. The quantitative estimate of drug-likeness (QED) is 0.160. The maximum Gasteiger partial charge on any atom is 0.247 e. The molecule has 0 spiro atoms. The number of nitrogens with two attached hydrogens (primary N) is 2. The smallest absolute Gasteiger partial charge is 0.247 e. The van der Waals surface area contributed by atoms with E-state index < -0.39 is 60.4 Å². The van der Waals surface area contributed by atoms with Gasteiger partial charge in [0.2, 0.25) is 35.4 Å². The number of carbonyl (C=O) groups excluding carboxylic acids is 6. The molecule has 0 radical (unpaired) electrons. The molecule has 0 aromatic heterocycles. The average molecular weight is 485 g/mol. The molecule has 1 aromatic carbocycles. The van der Waals surface area contributed by atoms with Crippen molar-refractivity contribution in [2.24, 2.45) is 11.5 Å². The minimum Gasteiger partial charge on any atom is -0.370 e. The molecular weight excluding hydrogens is 460 g/mol. The van der Waals surface area contributed by atoms with E-state index in [1.165, 1.54) is 24.3 Å². The Hall–Kier alpha value is -3.26. The van der Waals surface area contributed by atoms with Crippen molar-refractivity contribution in [3.8, 4) is 0 Å². The fourth-order valence-electron chi connectivity index (χ4n) is 2.43. The maximum absolute atomic E-state index is 12.5. The molecule has 0 saturated carbocycles. The van der Waals surface area contributed by atoms with Gasteiger partial charge in [0.05, 0.1) is 24.3 Å². The van der Waals surface area contributed by atoms with E-state index in [4.69, 9.17) is 11.5 Å². The first kappa shape index (κ1) is 26.8. The van der Waals surface area contributed by atoms with Crippen LogP contribution in [0.1, 0.15) is 12.8 Å². The largest absolute Gasteiger partial charge is 0.370 e. The monoisotopic (exact) mass is 484 g/mol. The number of nitrogens with one attached hydrogen (secondary N) is 4. The molecule has 2 atom stereocenters. The first-order valence-electron chi connectivity index (χ1n) is 9.14. The summed E-state index contributed by atoms with van der Waals surface area (Å²) < 4.78 is 0. The van der Waals surface area contributed by atoms with E-state index in [1.54, 1.807) is 0 Å². The van der Waals surface area contributed by atoms with Crippen molar-refractivity contribution < 1.29 is 28.8 Å². The van der Waals surface area contributed by atoms with Crippen LogP contribution in [0, 0.1) is 0 Å². The van der Waals surface area contributed by atoms with Gasteiger partial charge in [0, 0.05) is 11.4 Å². The number of benzene rings is 1. The summed E-state index contributed by atoms with van der Waals surface area (Å²) in [6, 6.07) is 3.45. The summed E-state index contributed by atoms with van der Waals surface area (Å²) in [4.78, 5) is 70.4. The molecule has 174 valence electrons. The topological polar surface area (TPSA) is 203 Å². The van der Waals surface area contributed by atoms with Gasteiger partial charge in [0.25, 0.3) is 0 Å². The summed E-state index contributed by atoms with van der Waals surface area (Å²) in [6.45, 7) is 0. The predicted octanol–water partition coefficient (Wildman–Crippen LogP) is -1.86. The summed E-state index contributed by atoms with van der Waals surface area (Å²) in [7, 11) is 0. The predicted molar refractivity (Wildman–Crippen MR) is 123 cm³/mol. The number of hydrogen-bond donors (Lipinski definition) is 8. The number of rotatable bonds is 12. The summed E-state index contributed by atoms with van der Waals surface area (Å²) in [5, 5.41) is 9.67. The van der Waals surface area contributed by atoms with Crippen LogP contribution in [-0.4, -0.2) is 59.0 Å². The molecule has 8 N–H and O–H groups in total. The van der Waals surface area contributed by atoms with Crippen LogP contribution in [0.15, 0.2) is 24.3 Å². The Kier molecular flexibility index (Phi) is 11.1. The second-order valence-electron chi connectivity index (χ2n) is 6.46. The van der Waals surface area contributed by atoms with Crippen LogP contribution >= 0.6 is 25.3 Å². The Morgan fingerprint density at radius 1 is 0.750 bits per heavy atom. The lowest BCUT2D eigenvalue weighted by atomic mass is 10.1. The van der Waals surface area contributed by atoms with Crippen LogP contribution in [-0.2, 0) is 28.8 Å². The van der Waals surface area contributed by atoms with Crippen molar-refractivity contribution in [3.63, 3.8) is 0 Å². The number of hydrogen-bond acceptors (Lipinski definition) is 8. The first-order valence-corrected chi connectivity index (χ1v) is 10.4. The zero-order chi connectivity index (χ0) is 24.3. The Balaban J connectivity index is 2.92. The van der Waals surface area contributed by atoms with Gasteiger partial charge in [-0.3, -0.25) is 28.8 Å². The third-order valence-electron chi connectivity index (χ3n) is 3.80. The van der Waals surface area contributed by atoms with E-state index in [1.807, 2.05) is 0 Å². The fourth-order valence-corrected chi connectivity index (χ4v) is 2.62. The molecule has 12 nitrogen and oxygen atoms in total. The molecule has 0 saturated heterocycles.